The lowest BCUT2D eigenvalue weighted by Crippen LogP contribution is -2.59. The maximum absolute atomic E-state index is 11.9. The summed E-state index contributed by atoms with van der Waals surface area (Å²) in [4.78, 5) is 37.8. The van der Waals surface area contributed by atoms with Crippen molar-refractivity contribution in [2.45, 2.75) is 6.29 Å². The first kappa shape index (κ1) is 14.6. The number of rotatable bonds is 2. The van der Waals surface area contributed by atoms with Crippen LogP contribution >= 0.6 is 0 Å². The SMILES string of the molecule is CN1C(=O)NC(=O)/C(=C/C2CNC(N(C)C)NC2)C1=O. The molecular formula is C12H19N5O3. The zero-order valence-corrected chi connectivity index (χ0v) is 11.8. The van der Waals surface area contributed by atoms with Crippen molar-refractivity contribution in [3.63, 3.8) is 0 Å². The van der Waals surface area contributed by atoms with Gasteiger partial charge in [-0.25, -0.2) is 4.79 Å². The summed E-state index contributed by atoms with van der Waals surface area (Å²) < 4.78 is 0. The molecule has 0 saturated carbocycles. The Bertz CT molecular complexity index is 466. The highest BCUT2D eigenvalue weighted by Crippen LogP contribution is 2.12. The molecular weight excluding hydrogens is 262 g/mol. The highest BCUT2D eigenvalue weighted by atomic mass is 16.2. The van der Waals surface area contributed by atoms with Crippen LogP contribution in [-0.2, 0) is 9.59 Å². The Kier molecular flexibility index (Phi) is 4.17. The van der Waals surface area contributed by atoms with E-state index in [9.17, 15) is 14.4 Å². The largest absolute Gasteiger partial charge is 0.331 e. The van der Waals surface area contributed by atoms with Gasteiger partial charge >= 0.3 is 6.03 Å². The molecule has 0 atom stereocenters. The van der Waals surface area contributed by atoms with Crippen LogP contribution in [0.5, 0.6) is 0 Å². The zero-order valence-electron chi connectivity index (χ0n) is 11.8. The summed E-state index contributed by atoms with van der Waals surface area (Å²) in [6.45, 7) is 1.30. The molecule has 0 unspecified atom stereocenters. The average molecular weight is 281 g/mol. The van der Waals surface area contributed by atoms with Gasteiger partial charge in [-0.15, -0.1) is 0 Å². The number of amides is 4. The molecule has 8 nitrogen and oxygen atoms in total. The summed E-state index contributed by atoms with van der Waals surface area (Å²) in [5, 5.41) is 8.65. The Morgan fingerprint density at radius 1 is 1.20 bits per heavy atom. The van der Waals surface area contributed by atoms with E-state index >= 15 is 0 Å². The van der Waals surface area contributed by atoms with Gasteiger partial charge in [0.2, 0.25) is 0 Å². The van der Waals surface area contributed by atoms with Gasteiger partial charge in [-0.05, 0) is 14.1 Å². The number of hydrogen-bond acceptors (Lipinski definition) is 6. The van der Waals surface area contributed by atoms with Gasteiger partial charge in [0.15, 0.2) is 0 Å². The fourth-order valence-corrected chi connectivity index (χ4v) is 2.15. The van der Waals surface area contributed by atoms with Crippen molar-refractivity contribution in [3.8, 4) is 0 Å². The van der Waals surface area contributed by atoms with Gasteiger partial charge in [-0.2, -0.15) is 0 Å². The van der Waals surface area contributed by atoms with Gasteiger partial charge in [-0.1, -0.05) is 6.08 Å². The number of imide groups is 2. The van der Waals surface area contributed by atoms with Gasteiger partial charge in [-0.3, -0.25) is 35.3 Å². The maximum Gasteiger partial charge on any atom is 0.331 e. The van der Waals surface area contributed by atoms with Crippen LogP contribution < -0.4 is 16.0 Å². The standard InChI is InChI=1S/C12H19N5O3/c1-16(2)11-13-5-7(6-14-11)4-8-9(18)15-12(20)17(3)10(8)19/h4,7,11,13-14H,5-6H2,1-3H3,(H,15,18,20)/b8-4-. The van der Waals surface area contributed by atoms with Crippen molar-refractivity contribution >= 4 is 17.8 Å². The van der Waals surface area contributed by atoms with Crippen LogP contribution in [-0.4, -0.2) is 68.2 Å². The summed E-state index contributed by atoms with van der Waals surface area (Å²) in [6.07, 6.45) is 1.69. The van der Waals surface area contributed by atoms with Crippen LogP contribution in [0.3, 0.4) is 0 Å². The highest BCUT2D eigenvalue weighted by Gasteiger charge is 2.34. The molecule has 2 fully saturated rings. The molecule has 2 rings (SSSR count). The Morgan fingerprint density at radius 2 is 1.80 bits per heavy atom. The molecule has 4 amide bonds. The first-order valence-corrected chi connectivity index (χ1v) is 6.38. The van der Waals surface area contributed by atoms with E-state index in [1.807, 2.05) is 19.0 Å². The van der Waals surface area contributed by atoms with E-state index < -0.39 is 17.8 Å². The molecule has 0 aliphatic carbocycles. The number of nitrogens with zero attached hydrogens (tertiary/aromatic N) is 2. The van der Waals surface area contributed by atoms with E-state index in [1.165, 1.54) is 7.05 Å². The van der Waals surface area contributed by atoms with Gasteiger partial charge in [0.1, 0.15) is 11.9 Å². The third kappa shape index (κ3) is 2.87. The minimum Gasteiger partial charge on any atom is -0.289 e. The van der Waals surface area contributed by atoms with Crippen molar-refractivity contribution in [2.24, 2.45) is 5.92 Å². The van der Waals surface area contributed by atoms with E-state index in [2.05, 4.69) is 16.0 Å². The van der Waals surface area contributed by atoms with E-state index in [-0.39, 0.29) is 17.8 Å². The molecule has 8 heteroatoms. The number of hydrogen-bond donors (Lipinski definition) is 3. The summed E-state index contributed by atoms with van der Waals surface area (Å²) >= 11 is 0. The fraction of sp³-hybridized carbons (Fsp3) is 0.583. The smallest absolute Gasteiger partial charge is 0.289 e. The number of urea groups is 1. The second kappa shape index (κ2) is 5.70. The topological polar surface area (TPSA) is 93.8 Å². The Labute approximate surface area is 117 Å². The molecule has 2 heterocycles. The van der Waals surface area contributed by atoms with Crippen LogP contribution in [0.15, 0.2) is 11.6 Å². The molecule has 0 aromatic carbocycles. The molecule has 110 valence electrons. The maximum atomic E-state index is 11.9. The number of carbonyl (C=O) groups is 3. The van der Waals surface area contributed by atoms with Crippen LogP contribution in [0.25, 0.3) is 0 Å². The lowest BCUT2D eigenvalue weighted by Gasteiger charge is -2.34. The molecule has 2 aliphatic rings. The fourth-order valence-electron chi connectivity index (χ4n) is 2.15. The number of nitrogens with one attached hydrogen (secondary N) is 3. The summed E-state index contributed by atoms with van der Waals surface area (Å²) in [5.41, 5.74) is 0.0176. The number of likely N-dealkylation sites (N-methyl/N-ethyl adjacent to an activating group) is 1. The Hall–Kier alpha value is -1.77. The number of carbonyl (C=O) groups excluding carboxylic acids is 3. The van der Waals surface area contributed by atoms with E-state index in [0.717, 1.165) is 4.90 Å². The Balaban J connectivity index is 2.06. The molecule has 0 aromatic rings. The average Bonchev–Trinajstić information content (AvgIpc) is 2.42. The van der Waals surface area contributed by atoms with Crippen molar-refractivity contribution in [1.29, 1.82) is 0 Å². The third-order valence-corrected chi connectivity index (χ3v) is 3.37. The monoisotopic (exact) mass is 281 g/mol. The van der Waals surface area contributed by atoms with E-state index in [0.29, 0.717) is 13.1 Å². The molecule has 20 heavy (non-hydrogen) atoms. The highest BCUT2D eigenvalue weighted by molar-refractivity contribution is 6.28. The van der Waals surface area contributed by atoms with Crippen LogP contribution in [0, 0.1) is 5.92 Å². The predicted octanol–water partition coefficient (Wildman–Crippen LogP) is -1.72. The molecule has 3 N–H and O–H groups in total. The molecule has 0 radical (unpaired) electrons. The molecule has 0 bridgehead atoms. The zero-order chi connectivity index (χ0) is 14.9. The second-order valence-corrected chi connectivity index (χ2v) is 5.15. The van der Waals surface area contributed by atoms with E-state index in [1.54, 1.807) is 6.08 Å². The summed E-state index contributed by atoms with van der Waals surface area (Å²) in [6, 6.07) is -0.690. The van der Waals surface area contributed by atoms with Gasteiger partial charge in [0.25, 0.3) is 11.8 Å². The first-order chi connectivity index (χ1) is 9.40. The lowest BCUT2D eigenvalue weighted by atomic mass is 10.0. The lowest BCUT2D eigenvalue weighted by molar-refractivity contribution is -0.129. The van der Waals surface area contributed by atoms with Crippen LogP contribution in [0.1, 0.15) is 0 Å². The summed E-state index contributed by atoms with van der Waals surface area (Å²) in [5.74, 6) is -1.18. The molecule has 2 saturated heterocycles. The van der Waals surface area contributed by atoms with Crippen LogP contribution in [0.4, 0.5) is 4.79 Å². The van der Waals surface area contributed by atoms with Crippen molar-refractivity contribution in [2.75, 3.05) is 34.2 Å². The van der Waals surface area contributed by atoms with Crippen LogP contribution in [0.2, 0.25) is 0 Å². The van der Waals surface area contributed by atoms with Gasteiger partial charge < -0.3 is 0 Å². The van der Waals surface area contributed by atoms with Gasteiger partial charge in [0.05, 0.1) is 0 Å². The predicted molar refractivity (Wildman–Crippen MR) is 71.4 cm³/mol. The molecule has 0 spiro atoms. The number of barbiturate groups is 1. The minimum atomic E-state index is -0.690. The second-order valence-electron chi connectivity index (χ2n) is 5.15. The van der Waals surface area contributed by atoms with Crippen molar-refractivity contribution in [1.82, 2.24) is 25.8 Å². The molecule has 0 aromatic heterocycles. The summed E-state index contributed by atoms with van der Waals surface area (Å²) in [7, 11) is 5.24. The third-order valence-electron chi connectivity index (χ3n) is 3.37. The Morgan fingerprint density at radius 3 is 2.35 bits per heavy atom. The quantitative estimate of drug-likeness (QED) is 0.411. The van der Waals surface area contributed by atoms with Gasteiger partial charge in [0, 0.05) is 26.1 Å². The normalized spacial score (nSPS) is 30.1. The van der Waals surface area contributed by atoms with Crippen molar-refractivity contribution < 1.29 is 14.4 Å². The van der Waals surface area contributed by atoms with Crippen molar-refractivity contribution in [3.05, 3.63) is 11.6 Å². The first-order valence-electron chi connectivity index (χ1n) is 6.38. The minimum absolute atomic E-state index is 0.0116. The van der Waals surface area contributed by atoms with E-state index in [4.69, 9.17) is 0 Å². The molecule has 2 aliphatic heterocycles.